The number of carbonyl (C=O) groups excluding carboxylic acids is 1. The summed E-state index contributed by atoms with van der Waals surface area (Å²) in [5.74, 6) is 0.370. The number of nitrogens with one attached hydrogen (secondary N) is 2. The van der Waals surface area contributed by atoms with Crippen molar-refractivity contribution in [3.05, 3.63) is 64.6 Å². The highest BCUT2D eigenvalue weighted by molar-refractivity contribution is 5.90. The molecule has 4 rings (SSSR count). The Labute approximate surface area is 153 Å². The zero-order valence-electron chi connectivity index (χ0n) is 14.9. The van der Waals surface area contributed by atoms with Gasteiger partial charge in [-0.05, 0) is 49.3 Å². The first-order valence-corrected chi connectivity index (χ1v) is 9.46. The minimum atomic E-state index is -0.157. The van der Waals surface area contributed by atoms with E-state index in [0.29, 0.717) is 36.7 Å². The van der Waals surface area contributed by atoms with Crippen molar-refractivity contribution < 1.29 is 4.79 Å². The molecule has 1 aromatic heterocycles. The third-order valence-electron chi connectivity index (χ3n) is 5.53. The van der Waals surface area contributed by atoms with Gasteiger partial charge in [-0.15, -0.1) is 0 Å². The van der Waals surface area contributed by atoms with Crippen LogP contribution in [0.3, 0.4) is 0 Å². The predicted molar refractivity (Wildman–Crippen MR) is 102 cm³/mol. The molecular weight excluding hydrogens is 326 g/mol. The minimum absolute atomic E-state index is 0.0501. The molecule has 1 amide bonds. The molecule has 2 unspecified atom stereocenters. The number of nitrogens with zero attached hydrogens (tertiary/aromatic N) is 1. The van der Waals surface area contributed by atoms with Crippen LogP contribution < -0.4 is 16.2 Å². The molecule has 2 aliphatic rings. The van der Waals surface area contributed by atoms with Crippen LogP contribution in [0, 0.1) is 5.92 Å². The number of piperidine rings is 1. The van der Waals surface area contributed by atoms with Crippen LogP contribution in [-0.2, 0) is 11.3 Å². The average molecular weight is 351 g/mol. The van der Waals surface area contributed by atoms with E-state index in [1.165, 1.54) is 12.8 Å². The Balaban J connectivity index is 1.40. The molecule has 2 aliphatic heterocycles. The summed E-state index contributed by atoms with van der Waals surface area (Å²) in [5.41, 5.74) is 1.27. The number of amides is 1. The molecule has 5 heteroatoms. The first-order chi connectivity index (χ1) is 12.7. The SMILES string of the molecule is O=C(CC1CC2CCC(C1)N2)Nc1cccn(Cc2ccccc2)c1=O. The van der Waals surface area contributed by atoms with Crippen molar-refractivity contribution in [3.8, 4) is 0 Å². The quantitative estimate of drug-likeness (QED) is 0.871. The second-order valence-corrected chi connectivity index (χ2v) is 7.57. The molecule has 26 heavy (non-hydrogen) atoms. The fourth-order valence-corrected chi connectivity index (χ4v) is 4.34. The van der Waals surface area contributed by atoms with Crippen molar-refractivity contribution in [2.75, 3.05) is 5.32 Å². The topological polar surface area (TPSA) is 63.1 Å². The van der Waals surface area contributed by atoms with Crippen LogP contribution >= 0.6 is 0 Å². The molecule has 2 N–H and O–H groups in total. The molecular formula is C21H25N3O2. The van der Waals surface area contributed by atoms with Gasteiger partial charge in [0.25, 0.3) is 5.56 Å². The Hall–Kier alpha value is -2.40. The largest absolute Gasteiger partial charge is 0.321 e. The van der Waals surface area contributed by atoms with Gasteiger partial charge in [-0.2, -0.15) is 0 Å². The fourth-order valence-electron chi connectivity index (χ4n) is 4.34. The maximum atomic E-state index is 12.7. The molecule has 136 valence electrons. The summed E-state index contributed by atoms with van der Waals surface area (Å²) in [5, 5.41) is 6.44. The monoisotopic (exact) mass is 351 g/mol. The Morgan fingerprint density at radius 2 is 1.81 bits per heavy atom. The van der Waals surface area contributed by atoms with Crippen LogP contribution in [0.5, 0.6) is 0 Å². The van der Waals surface area contributed by atoms with Crippen molar-refractivity contribution in [1.82, 2.24) is 9.88 Å². The van der Waals surface area contributed by atoms with Gasteiger partial charge in [-0.1, -0.05) is 30.3 Å². The summed E-state index contributed by atoms with van der Waals surface area (Å²) < 4.78 is 1.63. The summed E-state index contributed by atoms with van der Waals surface area (Å²) in [6.07, 6.45) is 6.85. The summed E-state index contributed by atoms with van der Waals surface area (Å²) in [6, 6.07) is 14.5. The number of benzene rings is 1. The number of hydrogen-bond donors (Lipinski definition) is 2. The van der Waals surface area contributed by atoms with Gasteiger partial charge < -0.3 is 15.2 Å². The lowest BCUT2D eigenvalue weighted by atomic mass is 9.89. The van der Waals surface area contributed by atoms with E-state index in [1.807, 2.05) is 36.4 Å². The zero-order valence-corrected chi connectivity index (χ0v) is 14.9. The van der Waals surface area contributed by atoms with Crippen LogP contribution in [-0.4, -0.2) is 22.6 Å². The molecule has 2 atom stereocenters. The minimum Gasteiger partial charge on any atom is -0.321 e. The van der Waals surface area contributed by atoms with E-state index in [2.05, 4.69) is 10.6 Å². The van der Waals surface area contributed by atoms with Crippen LogP contribution in [0.2, 0.25) is 0 Å². The van der Waals surface area contributed by atoms with Gasteiger partial charge in [0, 0.05) is 24.7 Å². The summed E-state index contributed by atoms with van der Waals surface area (Å²) >= 11 is 0. The number of hydrogen-bond acceptors (Lipinski definition) is 3. The second-order valence-electron chi connectivity index (χ2n) is 7.57. The standard InChI is InChI=1S/C21H25N3O2/c25-20(13-16-11-17-8-9-18(12-16)22-17)23-19-7-4-10-24(21(19)26)14-15-5-2-1-3-6-15/h1-7,10,16-18,22H,8-9,11-14H2,(H,23,25). The number of fused-ring (bicyclic) bond motifs is 2. The molecule has 3 heterocycles. The van der Waals surface area contributed by atoms with E-state index < -0.39 is 0 Å². The number of rotatable bonds is 5. The number of anilines is 1. The van der Waals surface area contributed by atoms with Crippen molar-refractivity contribution in [2.45, 2.75) is 50.7 Å². The van der Waals surface area contributed by atoms with Crippen molar-refractivity contribution >= 4 is 11.6 Å². The molecule has 2 aromatic rings. The van der Waals surface area contributed by atoms with Crippen LogP contribution in [0.1, 0.15) is 37.7 Å². The molecule has 1 aromatic carbocycles. The number of aromatic nitrogens is 1. The smallest absolute Gasteiger partial charge is 0.274 e. The first-order valence-electron chi connectivity index (χ1n) is 9.46. The van der Waals surface area contributed by atoms with Gasteiger partial charge in [-0.3, -0.25) is 9.59 Å². The molecule has 2 fully saturated rings. The lowest BCUT2D eigenvalue weighted by Gasteiger charge is -2.28. The predicted octanol–water partition coefficient (Wildman–Crippen LogP) is 2.76. The average Bonchev–Trinajstić information content (AvgIpc) is 2.98. The fraction of sp³-hybridized carbons (Fsp3) is 0.429. The molecule has 2 saturated heterocycles. The van der Waals surface area contributed by atoms with E-state index >= 15 is 0 Å². The van der Waals surface area contributed by atoms with Gasteiger partial charge in [0.05, 0.1) is 6.54 Å². The maximum Gasteiger partial charge on any atom is 0.274 e. The number of carbonyl (C=O) groups is 1. The molecule has 0 spiro atoms. The molecule has 5 nitrogen and oxygen atoms in total. The van der Waals surface area contributed by atoms with Gasteiger partial charge in [0.2, 0.25) is 5.91 Å². The van der Waals surface area contributed by atoms with Crippen LogP contribution in [0.25, 0.3) is 0 Å². The molecule has 0 saturated carbocycles. The third-order valence-corrected chi connectivity index (χ3v) is 5.53. The van der Waals surface area contributed by atoms with Gasteiger partial charge in [0.1, 0.15) is 5.69 Å². The van der Waals surface area contributed by atoms with Crippen molar-refractivity contribution in [2.24, 2.45) is 5.92 Å². The summed E-state index contributed by atoms with van der Waals surface area (Å²) in [4.78, 5) is 25.1. The Bertz CT molecular complexity index is 819. The van der Waals surface area contributed by atoms with Crippen LogP contribution in [0.4, 0.5) is 5.69 Å². The molecule has 0 aliphatic carbocycles. The van der Waals surface area contributed by atoms with Gasteiger partial charge in [0.15, 0.2) is 0 Å². The van der Waals surface area contributed by atoms with Crippen molar-refractivity contribution in [1.29, 1.82) is 0 Å². The summed E-state index contributed by atoms with van der Waals surface area (Å²) in [7, 11) is 0. The molecule has 0 radical (unpaired) electrons. The Kier molecular flexibility index (Phi) is 4.89. The van der Waals surface area contributed by atoms with E-state index in [-0.39, 0.29) is 11.5 Å². The highest BCUT2D eigenvalue weighted by Gasteiger charge is 2.34. The number of pyridine rings is 1. The second kappa shape index (κ2) is 7.46. The van der Waals surface area contributed by atoms with Gasteiger partial charge >= 0.3 is 0 Å². The van der Waals surface area contributed by atoms with E-state index in [0.717, 1.165) is 18.4 Å². The van der Waals surface area contributed by atoms with E-state index in [1.54, 1.807) is 16.8 Å². The highest BCUT2D eigenvalue weighted by atomic mass is 16.2. The molecule has 2 bridgehead atoms. The lowest BCUT2D eigenvalue weighted by molar-refractivity contribution is -0.117. The van der Waals surface area contributed by atoms with Crippen molar-refractivity contribution in [3.63, 3.8) is 0 Å². The van der Waals surface area contributed by atoms with Crippen LogP contribution in [0.15, 0.2) is 53.5 Å². The third kappa shape index (κ3) is 3.88. The maximum absolute atomic E-state index is 12.7. The van der Waals surface area contributed by atoms with E-state index in [4.69, 9.17) is 0 Å². The van der Waals surface area contributed by atoms with Gasteiger partial charge in [-0.25, -0.2) is 0 Å². The van der Waals surface area contributed by atoms with E-state index in [9.17, 15) is 9.59 Å². The zero-order chi connectivity index (χ0) is 17.9. The highest BCUT2D eigenvalue weighted by Crippen LogP contribution is 2.32. The Morgan fingerprint density at radius 3 is 2.54 bits per heavy atom. The lowest BCUT2D eigenvalue weighted by Crippen LogP contribution is -2.39. The first kappa shape index (κ1) is 17.0. The summed E-state index contributed by atoms with van der Waals surface area (Å²) in [6.45, 7) is 0.501. The normalized spacial score (nSPS) is 24.4. The Morgan fingerprint density at radius 1 is 1.08 bits per heavy atom.